The molecule has 2 rings (SSSR count). The van der Waals surface area contributed by atoms with E-state index in [9.17, 15) is 5.11 Å². The Morgan fingerprint density at radius 3 is 2.56 bits per heavy atom. The molecule has 1 saturated heterocycles. The van der Waals surface area contributed by atoms with E-state index in [-0.39, 0.29) is 5.41 Å². The first kappa shape index (κ1) is 12.0. The van der Waals surface area contributed by atoms with Crippen LogP contribution < -0.4 is 0 Å². The highest BCUT2D eigenvalue weighted by Gasteiger charge is 2.47. The van der Waals surface area contributed by atoms with Gasteiger partial charge in [0.25, 0.3) is 0 Å². The van der Waals surface area contributed by atoms with Crippen LogP contribution in [0.4, 0.5) is 0 Å². The van der Waals surface area contributed by atoms with Gasteiger partial charge in [0.15, 0.2) is 0 Å². The van der Waals surface area contributed by atoms with Gasteiger partial charge >= 0.3 is 0 Å². The number of rotatable bonds is 2. The number of β-amino-alcohol motifs (C(OH)–C–C–N with tert-alkyl or cyclic N) is 1. The Kier molecular flexibility index (Phi) is 2.85. The SMILES string of the molecule is Cc1nc(CN2CC(C)(C)[C@@](C)(O)C2)cs1. The highest BCUT2D eigenvalue weighted by atomic mass is 32.1. The topological polar surface area (TPSA) is 36.4 Å². The van der Waals surface area contributed by atoms with Gasteiger partial charge in [-0.3, -0.25) is 4.90 Å². The number of aliphatic hydroxyl groups is 1. The van der Waals surface area contributed by atoms with Crippen molar-refractivity contribution in [2.75, 3.05) is 13.1 Å². The van der Waals surface area contributed by atoms with Crippen LogP contribution in [-0.2, 0) is 6.54 Å². The highest BCUT2D eigenvalue weighted by molar-refractivity contribution is 7.09. The van der Waals surface area contributed by atoms with Crippen LogP contribution in [0.1, 0.15) is 31.5 Å². The molecule has 4 heteroatoms. The zero-order chi connectivity index (χ0) is 12.0. The number of thiazole rings is 1. The summed E-state index contributed by atoms with van der Waals surface area (Å²) in [6.45, 7) is 10.7. The third-order valence-corrected chi connectivity index (χ3v) is 4.48. The van der Waals surface area contributed by atoms with Crippen LogP contribution in [0.15, 0.2) is 5.38 Å². The lowest BCUT2D eigenvalue weighted by Crippen LogP contribution is -2.40. The average Bonchev–Trinajstić information content (AvgIpc) is 2.56. The molecule has 0 aliphatic carbocycles. The van der Waals surface area contributed by atoms with Gasteiger partial charge in [-0.1, -0.05) is 13.8 Å². The lowest BCUT2D eigenvalue weighted by molar-refractivity contribution is -0.0111. The smallest absolute Gasteiger partial charge is 0.0897 e. The number of hydrogen-bond acceptors (Lipinski definition) is 4. The Morgan fingerprint density at radius 1 is 1.44 bits per heavy atom. The van der Waals surface area contributed by atoms with Crippen molar-refractivity contribution in [1.82, 2.24) is 9.88 Å². The first-order valence-electron chi connectivity index (χ1n) is 5.66. The summed E-state index contributed by atoms with van der Waals surface area (Å²) in [7, 11) is 0. The first-order valence-corrected chi connectivity index (χ1v) is 6.54. The maximum atomic E-state index is 10.3. The molecule has 0 spiro atoms. The summed E-state index contributed by atoms with van der Waals surface area (Å²) in [5, 5.41) is 13.5. The van der Waals surface area contributed by atoms with Crippen LogP contribution in [0.25, 0.3) is 0 Å². The molecular weight excluding hydrogens is 220 g/mol. The summed E-state index contributed by atoms with van der Waals surface area (Å²) < 4.78 is 0. The first-order chi connectivity index (χ1) is 7.30. The van der Waals surface area contributed by atoms with Crippen molar-refractivity contribution in [3.63, 3.8) is 0 Å². The molecular formula is C12H20N2OS. The second-order valence-electron chi connectivity index (χ2n) is 5.66. The molecule has 90 valence electrons. The summed E-state index contributed by atoms with van der Waals surface area (Å²) in [5.74, 6) is 0. The van der Waals surface area contributed by atoms with Gasteiger partial charge in [0.2, 0.25) is 0 Å². The molecule has 0 unspecified atom stereocenters. The maximum absolute atomic E-state index is 10.3. The molecule has 0 bridgehead atoms. The second kappa shape index (κ2) is 3.79. The standard InChI is InChI=1S/C12H20N2OS/c1-9-13-10(6-16-9)5-14-7-11(2,3)12(4,15)8-14/h6,15H,5,7-8H2,1-4H3/t12-/m0/s1. The molecule has 1 aliphatic heterocycles. The molecule has 3 nitrogen and oxygen atoms in total. The number of hydrogen-bond donors (Lipinski definition) is 1. The molecule has 0 amide bonds. The Balaban J connectivity index is 2.04. The molecule has 1 N–H and O–H groups in total. The Bertz CT molecular complexity index is 368. The van der Waals surface area contributed by atoms with E-state index in [1.807, 2.05) is 13.8 Å². The lowest BCUT2D eigenvalue weighted by Gasteiger charge is -2.31. The van der Waals surface area contributed by atoms with E-state index in [1.165, 1.54) is 0 Å². The fourth-order valence-electron chi connectivity index (χ4n) is 2.26. The summed E-state index contributed by atoms with van der Waals surface area (Å²) in [4.78, 5) is 6.75. The minimum Gasteiger partial charge on any atom is -0.388 e. The van der Waals surface area contributed by atoms with Crippen molar-refractivity contribution in [3.05, 3.63) is 16.1 Å². The second-order valence-corrected chi connectivity index (χ2v) is 6.72. The summed E-state index contributed by atoms with van der Waals surface area (Å²) in [5.41, 5.74) is 0.479. The summed E-state index contributed by atoms with van der Waals surface area (Å²) in [6, 6.07) is 0. The largest absolute Gasteiger partial charge is 0.388 e. The molecule has 0 aromatic carbocycles. The quantitative estimate of drug-likeness (QED) is 0.859. The molecule has 0 saturated carbocycles. The predicted octanol–water partition coefficient (Wildman–Crippen LogP) is 2.04. The van der Waals surface area contributed by atoms with Gasteiger partial charge in [0.05, 0.1) is 16.3 Å². The van der Waals surface area contributed by atoms with Gasteiger partial charge in [-0.2, -0.15) is 0 Å². The van der Waals surface area contributed by atoms with E-state index in [1.54, 1.807) is 11.3 Å². The van der Waals surface area contributed by atoms with Gasteiger partial charge < -0.3 is 5.11 Å². The van der Waals surface area contributed by atoms with Crippen molar-refractivity contribution in [3.8, 4) is 0 Å². The Labute approximate surface area is 101 Å². The Morgan fingerprint density at radius 2 is 2.12 bits per heavy atom. The van der Waals surface area contributed by atoms with Crippen LogP contribution in [0.2, 0.25) is 0 Å². The number of nitrogens with zero attached hydrogens (tertiary/aromatic N) is 2. The molecule has 0 radical (unpaired) electrons. The van der Waals surface area contributed by atoms with Crippen LogP contribution in [-0.4, -0.2) is 33.7 Å². The monoisotopic (exact) mass is 240 g/mol. The van der Waals surface area contributed by atoms with Gasteiger partial charge in [0, 0.05) is 30.4 Å². The lowest BCUT2D eigenvalue weighted by atomic mass is 9.79. The average molecular weight is 240 g/mol. The van der Waals surface area contributed by atoms with E-state index in [0.717, 1.165) is 30.3 Å². The third-order valence-electron chi connectivity index (χ3n) is 3.66. The molecule has 1 aromatic heterocycles. The zero-order valence-corrected chi connectivity index (χ0v) is 11.3. The molecule has 1 aliphatic rings. The number of aryl methyl sites for hydroxylation is 1. The van der Waals surface area contributed by atoms with Crippen molar-refractivity contribution in [2.45, 2.75) is 39.8 Å². The fraction of sp³-hybridized carbons (Fsp3) is 0.750. The molecule has 16 heavy (non-hydrogen) atoms. The van der Waals surface area contributed by atoms with Gasteiger partial charge in [-0.15, -0.1) is 11.3 Å². The third kappa shape index (κ3) is 2.14. The minimum absolute atomic E-state index is 0.0436. The molecule has 1 aromatic rings. The number of aromatic nitrogens is 1. The van der Waals surface area contributed by atoms with Gasteiger partial charge in [-0.05, 0) is 13.8 Å². The summed E-state index contributed by atoms with van der Waals surface area (Å²) in [6.07, 6.45) is 0. The summed E-state index contributed by atoms with van der Waals surface area (Å²) >= 11 is 1.69. The van der Waals surface area contributed by atoms with Gasteiger partial charge in [0.1, 0.15) is 0 Å². The van der Waals surface area contributed by atoms with Crippen molar-refractivity contribution >= 4 is 11.3 Å². The minimum atomic E-state index is -0.599. The molecule has 2 heterocycles. The van der Waals surface area contributed by atoms with Crippen molar-refractivity contribution in [2.24, 2.45) is 5.41 Å². The number of likely N-dealkylation sites (tertiary alicyclic amines) is 1. The van der Waals surface area contributed by atoms with Crippen LogP contribution in [0.3, 0.4) is 0 Å². The van der Waals surface area contributed by atoms with Gasteiger partial charge in [-0.25, -0.2) is 4.98 Å². The van der Waals surface area contributed by atoms with Crippen LogP contribution >= 0.6 is 11.3 Å². The van der Waals surface area contributed by atoms with E-state index < -0.39 is 5.60 Å². The maximum Gasteiger partial charge on any atom is 0.0897 e. The zero-order valence-electron chi connectivity index (χ0n) is 10.4. The molecule has 1 atom stereocenters. The van der Waals surface area contributed by atoms with Crippen molar-refractivity contribution < 1.29 is 5.11 Å². The van der Waals surface area contributed by atoms with Crippen molar-refractivity contribution in [1.29, 1.82) is 0 Å². The Hall–Kier alpha value is -0.450. The van der Waals surface area contributed by atoms with Crippen LogP contribution in [0.5, 0.6) is 0 Å². The van der Waals surface area contributed by atoms with E-state index >= 15 is 0 Å². The highest BCUT2D eigenvalue weighted by Crippen LogP contribution is 2.38. The van der Waals surface area contributed by atoms with E-state index in [4.69, 9.17) is 0 Å². The van der Waals surface area contributed by atoms with Crippen LogP contribution in [0, 0.1) is 12.3 Å². The molecule has 1 fully saturated rings. The predicted molar refractivity (Wildman–Crippen MR) is 66.5 cm³/mol. The van der Waals surface area contributed by atoms with E-state index in [0.29, 0.717) is 0 Å². The van der Waals surface area contributed by atoms with E-state index in [2.05, 4.69) is 29.1 Å². The normalized spacial score (nSPS) is 29.8. The fourth-order valence-corrected chi connectivity index (χ4v) is 2.86.